The van der Waals surface area contributed by atoms with Gasteiger partial charge in [0.25, 0.3) is 0 Å². The number of ether oxygens (including phenoxy) is 1. The summed E-state index contributed by atoms with van der Waals surface area (Å²) in [6, 6.07) is 0.891. The maximum atomic E-state index is 4.25. The Hall–Kier alpha value is -0.0800. The van der Waals surface area contributed by atoms with Crippen LogP contribution in [0.25, 0.3) is 0 Å². The van der Waals surface area contributed by atoms with Gasteiger partial charge in [-0.1, -0.05) is 20.3 Å². The Bertz CT molecular complexity index is 111. The van der Waals surface area contributed by atoms with Crippen LogP contribution >= 0.6 is 0 Å². The first-order chi connectivity index (χ1) is 6.79. The molecule has 1 unspecified atom stereocenters. The van der Waals surface area contributed by atoms with Crippen molar-refractivity contribution in [3.05, 3.63) is 0 Å². The van der Waals surface area contributed by atoms with Crippen LogP contribution in [0.3, 0.4) is 0 Å². The molecule has 2 nitrogen and oxygen atoms in total. The summed E-state index contributed by atoms with van der Waals surface area (Å²) in [5.74, 6) is 0. The fourth-order valence-electron chi connectivity index (χ4n) is 2.08. The van der Waals surface area contributed by atoms with Crippen LogP contribution in [0.2, 0.25) is 0 Å². The van der Waals surface area contributed by atoms with Gasteiger partial charge in [-0.2, -0.15) is 0 Å². The van der Waals surface area contributed by atoms with Crippen LogP contribution in [-0.2, 0) is 4.74 Å². The third-order valence-corrected chi connectivity index (χ3v) is 2.75. The third-order valence-electron chi connectivity index (χ3n) is 2.75. The van der Waals surface area contributed by atoms with Gasteiger partial charge in [-0.15, -0.1) is 0 Å². The summed E-state index contributed by atoms with van der Waals surface area (Å²) < 4.78 is 4.25. The van der Waals surface area contributed by atoms with Crippen molar-refractivity contribution >= 4 is 0 Å². The molecule has 0 saturated carbocycles. The van der Waals surface area contributed by atoms with Crippen molar-refractivity contribution in [3.63, 3.8) is 0 Å². The zero-order valence-corrected chi connectivity index (χ0v) is 10.4. The van der Waals surface area contributed by atoms with Gasteiger partial charge in [0.15, 0.2) is 0 Å². The molecule has 14 heavy (non-hydrogen) atoms. The molecule has 1 fully saturated rings. The average molecular weight is 201 g/mol. The second-order valence-corrected chi connectivity index (χ2v) is 4.00. The molecule has 0 aromatic rings. The summed E-state index contributed by atoms with van der Waals surface area (Å²) in [5, 5.41) is 0. The van der Waals surface area contributed by atoms with Crippen molar-refractivity contribution in [2.45, 2.75) is 52.0 Å². The molecule has 0 radical (unpaired) electrons. The lowest BCUT2D eigenvalue weighted by molar-refractivity contribution is 0.223. The molecule has 86 valence electrons. The van der Waals surface area contributed by atoms with Gasteiger partial charge in [-0.05, 0) is 38.8 Å². The monoisotopic (exact) mass is 201 g/mol. The predicted octanol–water partition coefficient (Wildman–Crippen LogP) is 2.92. The van der Waals surface area contributed by atoms with Crippen LogP contribution in [0.15, 0.2) is 0 Å². The number of methoxy groups -OCH3 is 1. The SMILES string of the molecule is CCCC(CC)N1CCCC1.COC. The van der Waals surface area contributed by atoms with Gasteiger partial charge >= 0.3 is 0 Å². The van der Waals surface area contributed by atoms with Crippen molar-refractivity contribution < 1.29 is 4.74 Å². The predicted molar refractivity (Wildman–Crippen MR) is 62.7 cm³/mol. The van der Waals surface area contributed by atoms with Crippen LogP contribution < -0.4 is 0 Å². The summed E-state index contributed by atoms with van der Waals surface area (Å²) in [4.78, 5) is 2.67. The Morgan fingerprint density at radius 3 is 2.00 bits per heavy atom. The summed E-state index contributed by atoms with van der Waals surface area (Å²) in [6.45, 7) is 7.33. The maximum Gasteiger partial charge on any atom is 0.0351 e. The van der Waals surface area contributed by atoms with E-state index in [0.717, 1.165) is 6.04 Å². The Balaban J connectivity index is 0.000000500. The highest BCUT2D eigenvalue weighted by Crippen LogP contribution is 2.17. The molecule has 0 aromatic heterocycles. The van der Waals surface area contributed by atoms with E-state index in [2.05, 4.69) is 23.5 Å². The largest absolute Gasteiger partial charge is 0.388 e. The highest BCUT2D eigenvalue weighted by Gasteiger charge is 2.18. The number of hydrogen-bond acceptors (Lipinski definition) is 2. The highest BCUT2D eigenvalue weighted by molar-refractivity contribution is 4.74. The van der Waals surface area contributed by atoms with Gasteiger partial charge in [0.2, 0.25) is 0 Å². The number of hydrogen-bond donors (Lipinski definition) is 0. The van der Waals surface area contributed by atoms with Crippen molar-refractivity contribution in [3.8, 4) is 0 Å². The minimum Gasteiger partial charge on any atom is -0.388 e. The van der Waals surface area contributed by atoms with E-state index in [1.165, 1.54) is 45.2 Å². The first-order valence-electron chi connectivity index (χ1n) is 5.94. The molecule has 1 atom stereocenters. The Kier molecular flexibility index (Phi) is 9.42. The lowest BCUT2D eigenvalue weighted by atomic mass is 10.1. The number of rotatable bonds is 4. The summed E-state index contributed by atoms with van der Waals surface area (Å²) >= 11 is 0. The van der Waals surface area contributed by atoms with Crippen molar-refractivity contribution in [1.82, 2.24) is 4.90 Å². The smallest absolute Gasteiger partial charge is 0.0351 e. The molecule has 0 aliphatic carbocycles. The Morgan fingerprint density at radius 2 is 1.64 bits per heavy atom. The second kappa shape index (κ2) is 9.47. The fraction of sp³-hybridized carbons (Fsp3) is 1.00. The van der Waals surface area contributed by atoms with Gasteiger partial charge in [-0.25, -0.2) is 0 Å². The first kappa shape index (κ1) is 13.9. The molecule has 0 aromatic carbocycles. The van der Waals surface area contributed by atoms with Gasteiger partial charge in [0, 0.05) is 20.3 Å². The van der Waals surface area contributed by atoms with Crippen molar-refractivity contribution in [1.29, 1.82) is 0 Å². The minimum atomic E-state index is 0.891. The van der Waals surface area contributed by atoms with Gasteiger partial charge in [0.1, 0.15) is 0 Å². The van der Waals surface area contributed by atoms with Gasteiger partial charge in [0.05, 0.1) is 0 Å². The van der Waals surface area contributed by atoms with Gasteiger partial charge < -0.3 is 9.64 Å². The normalized spacial score (nSPS) is 18.9. The standard InChI is InChI=1S/C10H21N.C2H6O/c1-3-7-10(4-2)11-8-5-6-9-11;1-3-2/h10H,3-9H2,1-2H3;1-2H3. The maximum absolute atomic E-state index is 4.25. The van der Waals surface area contributed by atoms with E-state index in [1.54, 1.807) is 14.2 Å². The van der Waals surface area contributed by atoms with Crippen LogP contribution in [0.4, 0.5) is 0 Å². The molecular formula is C12H27NO. The van der Waals surface area contributed by atoms with E-state index in [-0.39, 0.29) is 0 Å². The van der Waals surface area contributed by atoms with Crippen LogP contribution in [0.5, 0.6) is 0 Å². The van der Waals surface area contributed by atoms with Crippen molar-refractivity contribution in [2.75, 3.05) is 27.3 Å². The van der Waals surface area contributed by atoms with Crippen LogP contribution in [0.1, 0.15) is 46.0 Å². The average Bonchev–Trinajstić information content (AvgIpc) is 2.68. The summed E-state index contributed by atoms with van der Waals surface area (Å²) in [6.07, 6.45) is 6.94. The van der Waals surface area contributed by atoms with Crippen LogP contribution in [0, 0.1) is 0 Å². The van der Waals surface area contributed by atoms with Crippen LogP contribution in [-0.4, -0.2) is 38.3 Å². The van der Waals surface area contributed by atoms with E-state index in [9.17, 15) is 0 Å². The molecule has 0 spiro atoms. The molecule has 1 aliphatic heterocycles. The molecule has 1 rings (SSSR count). The molecule has 1 heterocycles. The molecule has 1 saturated heterocycles. The Morgan fingerprint density at radius 1 is 1.14 bits per heavy atom. The van der Waals surface area contributed by atoms with E-state index < -0.39 is 0 Å². The minimum absolute atomic E-state index is 0.891. The van der Waals surface area contributed by atoms with E-state index in [4.69, 9.17) is 0 Å². The molecule has 0 bridgehead atoms. The topological polar surface area (TPSA) is 12.5 Å². The molecule has 0 N–H and O–H groups in total. The summed E-state index contributed by atoms with van der Waals surface area (Å²) in [5.41, 5.74) is 0. The molecular weight excluding hydrogens is 174 g/mol. The Labute approximate surface area is 89.6 Å². The zero-order chi connectivity index (χ0) is 10.8. The quantitative estimate of drug-likeness (QED) is 0.693. The lowest BCUT2D eigenvalue weighted by Gasteiger charge is -2.25. The van der Waals surface area contributed by atoms with E-state index in [1.807, 2.05) is 0 Å². The first-order valence-corrected chi connectivity index (χ1v) is 5.94. The second-order valence-electron chi connectivity index (χ2n) is 4.00. The van der Waals surface area contributed by atoms with E-state index in [0.29, 0.717) is 0 Å². The molecule has 1 aliphatic rings. The number of nitrogens with zero attached hydrogens (tertiary/aromatic N) is 1. The zero-order valence-electron chi connectivity index (χ0n) is 10.4. The third kappa shape index (κ3) is 5.61. The molecule has 2 heteroatoms. The van der Waals surface area contributed by atoms with Gasteiger partial charge in [-0.3, -0.25) is 0 Å². The lowest BCUT2D eigenvalue weighted by Crippen LogP contribution is -2.31. The highest BCUT2D eigenvalue weighted by atomic mass is 16.4. The summed E-state index contributed by atoms with van der Waals surface area (Å²) in [7, 11) is 3.25. The number of likely N-dealkylation sites (tertiary alicyclic amines) is 1. The fourth-order valence-corrected chi connectivity index (χ4v) is 2.08. The van der Waals surface area contributed by atoms with Crippen molar-refractivity contribution in [2.24, 2.45) is 0 Å². The molecule has 0 amide bonds. The van der Waals surface area contributed by atoms with E-state index >= 15 is 0 Å².